The maximum atomic E-state index is 11.2. The van der Waals surface area contributed by atoms with Gasteiger partial charge >= 0.3 is 6.09 Å². The Morgan fingerprint density at radius 3 is 2.83 bits per heavy atom. The van der Waals surface area contributed by atoms with E-state index >= 15 is 0 Å². The fraction of sp³-hybridized carbons (Fsp3) is 0.750. The molecule has 0 unspecified atom stereocenters. The second-order valence-corrected chi connectivity index (χ2v) is 2.78. The van der Waals surface area contributed by atoms with Crippen molar-refractivity contribution in [1.29, 1.82) is 0 Å². The highest BCUT2D eigenvalue weighted by Crippen LogP contribution is 2.13. The third-order valence-corrected chi connectivity index (χ3v) is 2.03. The first-order valence-electron chi connectivity index (χ1n) is 4.13. The molecule has 1 aliphatic heterocycles. The largest absolute Gasteiger partial charge is 0.450 e. The monoisotopic (exact) mass is 171 g/mol. The summed E-state index contributed by atoms with van der Waals surface area (Å²) in [5.74, 6) is 0.114. The Hall–Kier alpha value is -1.06. The molecule has 1 amide bonds. The average molecular weight is 171 g/mol. The van der Waals surface area contributed by atoms with Crippen LogP contribution in [-0.4, -0.2) is 36.0 Å². The Morgan fingerprint density at radius 2 is 2.42 bits per heavy atom. The molecule has 1 heterocycles. The lowest BCUT2D eigenvalue weighted by Crippen LogP contribution is -2.36. The van der Waals surface area contributed by atoms with E-state index in [0.29, 0.717) is 19.6 Å². The van der Waals surface area contributed by atoms with Crippen LogP contribution in [0, 0.1) is 0 Å². The third-order valence-electron chi connectivity index (χ3n) is 2.03. The molecule has 0 aromatic carbocycles. The lowest BCUT2D eigenvalue weighted by Gasteiger charge is -2.18. The van der Waals surface area contributed by atoms with Crippen LogP contribution in [0.4, 0.5) is 4.79 Å². The maximum Gasteiger partial charge on any atom is 0.410 e. The van der Waals surface area contributed by atoms with Crippen LogP contribution in [-0.2, 0) is 9.53 Å². The molecular formula is C8H13NO3. The molecule has 1 rings (SSSR count). The van der Waals surface area contributed by atoms with Crippen molar-refractivity contribution < 1.29 is 14.3 Å². The average Bonchev–Trinajstić information content (AvgIpc) is 2.34. The van der Waals surface area contributed by atoms with Crippen molar-refractivity contribution in [2.45, 2.75) is 26.3 Å². The minimum atomic E-state index is -0.379. The molecule has 0 bridgehead atoms. The molecule has 0 N–H and O–H groups in total. The Morgan fingerprint density at radius 1 is 1.75 bits per heavy atom. The van der Waals surface area contributed by atoms with E-state index in [4.69, 9.17) is 4.74 Å². The van der Waals surface area contributed by atoms with Gasteiger partial charge in [-0.2, -0.15) is 0 Å². The number of ether oxygens (including phenoxy) is 1. The first-order valence-corrected chi connectivity index (χ1v) is 4.13. The standard InChI is InChI=1S/C8H13NO3/c1-3-12-8(11)9-5-4-7(10)6(9)2/h6H,3-5H2,1-2H3/t6-/m0/s1. The summed E-state index contributed by atoms with van der Waals surface area (Å²) in [5, 5.41) is 0. The van der Waals surface area contributed by atoms with Crippen molar-refractivity contribution >= 4 is 11.9 Å². The van der Waals surface area contributed by atoms with Crippen molar-refractivity contribution in [2.75, 3.05) is 13.2 Å². The number of carbonyl (C=O) groups is 2. The van der Waals surface area contributed by atoms with Crippen LogP contribution in [0.1, 0.15) is 20.3 Å². The van der Waals surface area contributed by atoms with Crippen LogP contribution < -0.4 is 0 Å². The van der Waals surface area contributed by atoms with Crippen LogP contribution in [0.3, 0.4) is 0 Å². The Bertz CT molecular complexity index is 202. The topological polar surface area (TPSA) is 46.6 Å². The van der Waals surface area contributed by atoms with Gasteiger partial charge in [0.25, 0.3) is 0 Å². The van der Waals surface area contributed by atoms with Gasteiger partial charge in [-0.05, 0) is 13.8 Å². The van der Waals surface area contributed by atoms with E-state index in [2.05, 4.69) is 0 Å². The van der Waals surface area contributed by atoms with Crippen LogP contribution >= 0.6 is 0 Å². The normalized spacial score (nSPS) is 23.0. The number of rotatable bonds is 1. The lowest BCUT2D eigenvalue weighted by atomic mass is 10.2. The summed E-state index contributed by atoms with van der Waals surface area (Å²) in [7, 11) is 0. The highest BCUT2D eigenvalue weighted by atomic mass is 16.6. The van der Waals surface area contributed by atoms with E-state index in [1.54, 1.807) is 13.8 Å². The predicted octanol–water partition coefficient (Wildman–Crippen LogP) is 0.806. The summed E-state index contributed by atoms with van der Waals surface area (Å²) in [4.78, 5) is 23.7. The van der Waals surface area contributed by atoms with Gasteiger partial charge in [0, 0.05) is 13.0 Å². The van der Waals surface area contributed by atoms with Gasteiger partial charge in [0.2, 0.25) is 0 Å². The smallest absolute Gasteiger partial charge is 0.410 e. The Balaban J connectivity index is 2.53. The number of hydrogen-bond acceptors (Lipinski definition) is 3. The molecule has 0 aliphatic carbocycles. The van der Waals surface area contributed by atoms with Gasteiger partial charge in [-0.25, -0.2) is 4.79 Å². The van der Waals surface area contributed by atoms with Crippen molar-refractivity contribution in [2.24, 2.45) is 0 Å². The number of carbonyl (C=O) groups excluding carboxylic acids is 2. The van der Waals surface area contributed by atoms with Crippen LogP contribution in [0.25, 0.3) is 0 Å². The van der Waals surface area contributed by atoms with E-state index in [0.717, 1.165) is 0 Å². The molecule has 1 saturated heterocycles. The molecule has 0 aromatic heterocycles. The van der Waals surface area contributed by atoms with Crippen molar-refractivity contribution in [1.82, 2.24) is 4.90 Å². The molecule has 1 atom stereocenters. The zero-order chi connectivity index (χ0) is 9.14. The second-order valence-electron chi connectivity index (χ2n) is 2.78. The van der Waals surface area contributed by atoms with Crippen LogP contribution in [0.15, 0.2) is 0 Å². The molecule has 0 radical (unpaired) electrons. The molecule has 12 heavy (non-hydrogen) atoms. The van der Waals surface area contributed by atoms with Crippen LogP contribution in [0.2, 0.25) is 0 Å². The van der Waals surface area contributed by atoms with E-state index in [-0.39, 0.29) is 17.9 Å². The molecular weight excluding hydrogens is 158 g/mol. The molecule has 4 heteroatoms. The van der Waals surface area contributed by atoms with E-state index < -0.39 is 0 Å². The quantitative estimate of drug-likeness (QED) is 0.586. The molecule has 1 fully saturated rings. The SMILES string of the molecule is CCOC(=O)N1CCC(=O)[C@@H]1C. The summed E-state index contributed by atoms with van der Waals surface area (Å²) in [5.41, 5.74) is 0. The van der Waals surface area contributed by atoms with Gasteiger partial charge in [-0.3, -0.25) is 9.69 Å². The molecule has 68 valence electrons. The summed E-state index contributed by atoms with van der Waals surface area (Å²) >= 11 is 0. The number of likely N-dealkylation sites (tertiary alicyclic amines) is 1. The van der Waals surface area contributed by atoms with Gasteiger partial charge in [0.15, 0.2) is 5.78 Å². The summed E-state index contributed by atoms with van der Waals surface area (Å²) in [6.07, 6.45) is 0.0795. The van der Waals surface area contributed by atoms with E-state index in [9.17, 15) is 9.59 Å². The zero-order valence-corrected chi connectivity index (χ0v) is 7.37. The lowest BCUT2D eigenvalue weighted by molar-refractivity contribution is -0.119. The minimum absolute atomic E-state index is 0.114. The number of ketones is 1. The Labute approximate surface area is 71.5 Å². The number of hydrogen-bond donors (Lipinski definition) is 0. The fourth-order valence-electron chi connectivity index (χ4n) is 1.26. The van der Waals surface area contributed by atoms with Gasteiger partial charge < -0.3 is 4.74 Å². The predicted molar refractivity (Wildman–Crippen MR) is 42.8 cm³/mol. The Kier molecular flexibility index (Phi) is 2.68. The first-order chi connectivity index (χ1) is 5.66. The molecule has 0 saturated carbocycles. The summed E-state index contributed by atoms with van der Waals surface area (Å²) in [6, 6.07) is -0.302. The molecule has 1 aliphatic rings. The van der Waals surface area contributed by atoms with E-state index in [1.807, 2.05) is 0 Å². The van der Waals surface area contributed by atoms with Gasteiger partial charge in [-0.15, -0.1) is 0 Å². The summed E-state index contributed by atoms with van der Waals surface area (Å²) in [6.45, 7) is 4.34. The van der Waals surface area contributed by atoms with Gasteiger partial charge in [0.05, 0.1) is 12.6 Å². The van der Waals surface area contributed by atoms with Crippen molar-refractivity contribution in [3.05, 3.63) is 0 Å². The van der Waals surface area contributed by atoms with E-state index in [1.165, 1.54) is 4.90 Å². The number of nitrogens with zero attached hydrogens (tertiary/aromatic N) is 1. The van der Waals surface area contributed by atoms with Gasteiger partial charge in [0.1, 0.15) is 0 Å². The van der Waals surface area contributed by atoms with Crippen molar-refractivity contribution in [3.63, 3.8) is 0 Å². The number of Topliss-reactive ketones (excluding diaryl/α,β-unsaturated/α-hetero) is 1. The first kappa shape index (κ1) is 9.03. The highest BCUT2D eigenvalue weighted by molar-refractivity contribution is 5.90. The number of amides is 1. The highest BCUT2D eigenvalue weighted by Gasteiger charge is 2.32. The maximum absolute atomic E-state index is 11.2. The molecule has 4 nitrogen and oxygen atoms in total. The minimum Gasteiger partial charge on any atom is -0.450 e. The fourth-order valence-corrected chi connectivity index (χ4v) is 1.26. The molecule has 0 aromatic rings. The summed E-state index contributed by atoms with van der Waals surface area (Å²) < 4.78 is 4.78. The van der Waals surface area contributed by atoms with Crippen LogP contribution in [0.5, 0.6) is 0 Å². The van der Waals surface area contributed by atoms with Gasteiger partial charge in [-0.1, -0.05) is 0 Å². The van der Waals surface area contributed by atoms with Crippen molar-refractivity contribution in [3.8, 4) is 0 Å². The molecule has 0 spiro atoms. The second kappa shape index (κ2) is 3.56. The zero-order valence-electron chi connectivity index (χ0n) is 7.37. The third kappa shape index (κ3) is 1.57.